The molecule has 2 heterocycles. The molecule has 5 nitrogen and oxygen atoms in total. The van der Waals surface area contributed by atoms with E-state index >= 15 is 0 Å². The molecule has 0 amide bonds. The molecule has 0 saturated heterocycles. The van der Waals surface area contributed by atoms with Gasteiger partial charge in [-0.3, -0.25) is 0 Å². The van der Waals surface area contributed by atoms with Gasteiger partial charge in [-0.25, -0.2) is 14.4 Å². The number of allylic oxidation sites excluding steroid dienone is 1. The maximum absolute atomic E-state index is 13.5. The highest BCUT2D eigenvalue weighted by Gasteiger charge is 2.11. The van der Waals surface area contributed by atoms with Crippen LogP contribution in [-0.2, 0) is 6.54 Å². The van der Waals surface area contributed by atoms with Crippen molar-refractivity contribution in [1.82, 2.24) is 15.3 Å². The third-order valence-electron chi connectivity index (χ3n) is 6.07. The molecule has 1 aliphatic rings. The number of anilines is 2. The molecule has 0 radical (unpaired) electrons. The van der Waals surface area contributed by atoms with Crippen molar-refractivity contribution in [2.24, 2.45) is 0 Å². The van der Waals surface area contributed by atoms with Crippen molar-refractivity contribution in [3.63, 3.8) is 0 Å². The van der Waals surface area contributed by atoms with Crippen molar-refractivity contribution in [2.75, 3.05) is 11.9 Å². The van der Waals surface area contributed by atoms with Gasteiger partial charge in [0.25, 0.3) is 0 Å². The van der Waals surface area contributed by atoms with Gasteiger partial charge in [-0.15, -0.1) is 0 Å². The maximum Gasteiger partial charge on any atom is 0.141 e. The topological polar surface area (TPSA) is 63.0 Å². The number of fused-ring (bicyclic) bond motifs is 1. The van der Waals surface area contributed by atoms with Gasteiger partial charge in [0.15, 0.2) is 0 Å². The number of benzene rings is 2. The molecule has 0 aliphatic heterocycles. The Morgan fingerprint density at radius 2 is 1.97 bits per heavy atom. The molecule has 2 aromatic carbocycles. The molecular weight excluding hydrogens is 451 g/mol. The lowest BCUT2D eigenvalue weighted by molar-refractivity contribution is 0.493. The van der Waals surface area contributed by atoms with Gasteiger partial charge < -0.3 is 15.1 Å². The van der Waals surface area contributed by atoms with Gasteiger partial charge in [0.1, 0.15) is 29.5 Å². The van der Waals surface area contributed by atoms with Gasteiger partial charge in [-0.05, 0) is 87.2 Å². The van der Waals surface area contributed by atoms with Crippen molar-refractivity contribution in [3.05, 3.63) is 83.1 Å². The Morgan fingerprint density at radius 1 is 1.03 bits per heavy atom. The van der Waals surface area contributed by atoms with Gasteiger partial charge in [0, 0.05) is 16.6 Å². The number of rotatable bonds is 8. The Kier molecular flexibility index (Phi) is 6.88. The third kappa shape index (κ3) is 5.29. The summed E-state index contributed by atoms with van der Waals surface area (Å²) in [6.45, 7) is 1.65. The van der Waals surface area contributed by atoms with Crippen LogP contribution >= 0.6 is 11.6 Å². The van der Waals surface area contributed by atoms with Crippen molar-refractivity contribution >= 4 is 34.0 Å². The minimum Gasteiger partial charge on any atom is -0.460 e. The third-order valence-corrected chi connectivity index (χ3v) is 6.36. The molecule has 34 heavy (non-hydrogen) atoms. The van der Waals surface area contributed by atoms with Crippen LogP contribution in [0.5, 0.6) is 0 Å². The monoisotopic (exact) mass is 476 g/mol. The zero-order chi connectivity index (χ0) is 23.3. The predicted octanol–water partition coefficient (Wildman–Crippen LogP) is 7.41. The van der Waals surface area contributed by atoms with Crippen LogP contribution in [-0.4, -0.2) is 16.5 Å². The van der Waals surface area contributed by atoms with Gasteiger partial charge >= 0.3 is 0 Å². The number of nitrogens with one attached hydrogen (secondary N) is 2. The fourth-order valence-corrected chi connectivity index (χ4v) is 4.42. The summed E-state index contributed by atoms with van der Waals surface area (Å²) >= 11 is 5.92. The van der Waals surface area contributed by atoms with E-state index in [1.165, 1.54) is 44.1 Å². The van der Waals surface area contributed by atoms with E-state index in [2.05, 4.69) is 26.7 Å². The van der Waals surface area contributed by atoms with Gasteiger partial charge in [0.05, 0.1) is 17.1 Å². The van der Waals surface area contributed by atoms with Crippen molar-refractivity contribution < 1.29 is 8.81 Å². The average molecular weight is 477 g/mol. The van der Waals surface area contributed by atoms with Gasteiger partial charge in [-0.1, -0.05) is 23.3 Å². The van der Waals surface area contributed by atoms with Crippen LogP contribution in [0.3, 0.4) is 0 Å². The highest BCUT2D eigenvalue weighted by Crippen LogP contribution is 2.30. The second-order valence-electron chi connectivity index (χ2n) is 8.51. The number of hydrogen-bond donors (Lipinski definition) is 2. The lowest BCUT2D eigenvalue weighted by Gasteiger charge is -2.12. The zero-order valence-corrected chi connectivity index (χ0v) is 19.5. The Morgan fingerprint density at radius 3 is 2.82 bits per heavy atom. The molecular formula is C27H26ClFN4O. The van der Waals surface area contributed by atoms with E-state index in [0.717, 1.165) is 41.0 Å². The van der Waals surface area contributed by atoms with E-state index in [1.54, 1.807) is 11.6 Å². The SMILES string of the molecule is Fc1ccc(Nc2ncnc3ccc(-c4ccc(CNCCC5=CCCCC5)o4)cc23)cc1Cl. The first kappa shape index (κ1) is 22.6. The van der Waals surface area contributed by atoms with E-state index < -0.39 is 5.82 Å². The van der Waals surface area contributed by atoms with E-state index in [0.29, 0.717) is 18.1 Å². The van der Waals surface area contributed by atoms with Crippen LogP contribution in [0.2, 0.25) is 5.02 Å². The molecule has 0 spiro atoms. The van der Waals surface area contributed by atoms with Crippen LogP contribution < -0.4 is 10.6 Å². The highest BCUT2D eigenvalue weighted by atomic mass is 35.5. The maximum atomic E-state index is 13.5. The van der Waals surface area contributed by atoms with Crippen molar-refractivity contribution in [3.8, 4) is 11.3 Å². The minimum absolute atomic E-state index is 0.0521. The summed E-state index contributed by atoms with van der Waals surface area (Å²) in [5.41, 5.74) is 3.94. The summed E-state index contributed by atoms with van der Waals surface area (Å²) in [4.78, 5) is 8.74. The van der Waals surface area contributed by atoms with E-state index in [-0.39, 0.29) is 5.02 Å². The highest BCUT2D eigenvalue weighted by molar-refractivity contribution is 6.31. The Labute approximate surface area is 203 Å². The number of nitrogens with zero attached hydrogens (tertiary/aromatic N) is 2. The minimum atomic E-state index is -0.462. The van der Waals surface area contributed by atoms with E-state index in [1.807, 2.05) is 30.3 Å². The first-order valence-corrected chi connectivity index (χ1v) is 12.0. The van der Waals surface area contributed by atoms with Crippen LogP contribution in [0.1, 0.15) is 37.9 Å². The quantitative estimate of drug-likeness (QED) is 0.205. The molecule has 0 bridgehead atoms. The first-order valence-electron chi connectivity index (χ1n) is 11.6. The second-order valence-corrected chi connectivity index (χ2v) is 8.92. The molecule has 0 atom stereocenters. The molecule has 174 valence electrons. The Balaban J connectivity index is 1.29. The first-order chi connectivity index (χ1) is 16.7. The van der Waals surface area contributed by atoms with Gasteiger partial charge in [0.2, 0.25) is 0 Å². The molecule has 0 fully saturated rings. The standard InChI is InChI=1S/C27H26ClFN4O/c28-23-15-20(7-9-24(23)29)33-27-22-14-19(6-10-25(22)31-17-32-27)26-11-8-21(34-26)16-30-13-12-18-4-2-1-3-5-18/h4,6-11,14-15,17,30H,1-3,5,12-13,16H2,(H,31,32,33). The fraction of sp³-hybridized carbons (Fsp3) is 0.259. The summed E-state index contributed by atoms with van der Waals surface area (Å²) in [6, 6.07) is 14.4. The molecule has 5 rings (SSSR count). The summed E-state index contributed by atoms with van der Waals surface area (Å²) in [5.74, 6) is 1.83. The smallest absolute Gasteiger partial charge is 0.141 e. The number of hydrogen-bond acceptors (Lipinski definition) is 5. The van der Waals surface area contributed by atoms with Gasteiger partial charge in [-0.2, -0.15) is 0 Å². The van der Waals surface area contributed by atoms with Crippen molar-refractivity contribution in [2.45, 2.75) is 38.6 Å². The summed E-state index contributed by atoms with van der Waals surface area (Å²) < 4.78 is 19.6. The zero-order valence-electron chi connectivity index (χ0n) is 18.8. The van der Waals surface area contributed by atoms with Crippen LogP contribution in [0.4, 0.5) is 15.9 Å². The van der Waals surface area contributed by atoms with E-state index in [4.69, 9.17) is 16.0 Å². The average Bonchev–Trinajstić information content (AvgIpc) is 3.34. The lowest BCUT2D eigenvalue weighted by atomic mass is 9.97. The van der Waals surface area contributed by atoms with Crippen LogP contribution in [0, 0.1) is 5.82 Å². The summed E-state index contributed by atoms with van der Waals surface area (Å²) in [6.07, 6.45) is 10.1. The van der Waals surface area contributed by atoms with Crippen molar-refractivity contribution in [1.29, 1.82) is 0 Å². The molecule has 1 aliphatic carbocycles. The normalized spacial score (nSPS) is 13.8. The Hall–Kier alpha value is -3.22. The largest absolute Gasteiger partial charge is 0.460 e. The van der Waals surface area contributed by atoms with E-state index in [9.17, 15) is 4.39 Å². The second kappa shape index (κ2) is 10.4. The van der Waals surface area contributed by atoms with Crippen LogP contribution in [0.15, 0.2) is 70.9 Å². The molecule has 0 unspecified atom stereocenters. The number of furan rings is 1. The lowest BCUT2D eigenvalue weighted by Crippen LogP contribution is -2.15. The molecule has 2 aromatic heterocycles. The molecule has 0 saturated carbocycles. The Bertz CT molecular complexity index is 1330. The van der Waals surface area contributed by atoms with Crippen LogP contribution in [0.25, 0.3) is 22.2 Å². The summed E-state index contributed by atoms with van der Waals surface area (Å²) in [5, 5.41) is 7.58. The molecule has 4 aromatic rings. The molecule has 7 heteroatoms. The predicted molar refractivity (Wildman–Crippen MR) is 135 cm³/mol. The summed E-state index contributed by atoms with van der Waals surface area (Å²) in [7, 11) is 0. The number of halogens is 2. The molecule has 2 N–H and O–H groups in total. The fourth-order valence-electron chi connectivity index (χ4n) is 4.24. The number of aromatic nitrogens is 2.